The number of methoxy groups -OCH3 is 1. The van der Waals surface area contributed by atoms with Gasteiger partial charge in [-0.25, -0.2) is 16.8 Å². The van der Waals surface area contributed by atoms with Crippen molar-refractivity contribution in [3.05, 3.63) is 34.7 Å². The Morgan fingerprint density at radius 3 is 2.60 bits per heavy atom. The van der Waals surface area contributed by atoms with E-state index in [-0.39, 0.29) is 21.4 Å². The molecule has 136 valence electrons. The van der Waals surface area contributed by atoms with E-state index in [1.807, 2.05) is 0 Å². The maximum absolute atomic E-state index is 12.4. The Morgan fingerprint density at radius 1 is 1.28 bits per heavy atom. The molecule has 0 spiro atoms. The summed E-state index contributed by atoms with van der Waals surface area (Å²) in [5.74, 6) is 0.328. The van der Waals surface area contributed by atoms with Crippen molar-refractivity contribution in [2.45, 2.75) is 10.6 Å². The predicted octanol–water partition coefficient (Wildman–Crippen LogP) is 2.75. The van der Waals surface area contributed by atoms with Gasteiger partial charge in [-0.05, 0) is 30.7 Å². The Morgan fingerprint density at radius 2 is 2.04 bits per heavy atom. The lowest BCUT2D eigenvalue weighted by molar-refractivity contribution is 0.417. The van der Waals surface area contributed by atoms with Crippen LogP contribution in [0.1, 0.15) is 6.42 Å². The molecule has 3 rings (SSSR count). The molecule has 0 radical (unpaired) electrons. The summed E-state index contributed by atoms with van der Waals surface area (Å²) in [5, 5.41) is 0. The molecule has 1 aliphatic heterocycles. The quantitative estimate of drug-likeness (QED) is 0.799. The number of ether oxygens (including phenoxy) is 1. The summed E-state index contributed by atoms with van der Waals surface area (Å²) in [6.45, 7) is 0.393. The van der Waals surface area contributed by atoms with Crippen molar-refractivity contribution in [3.63, 3.8) is 0 Å². The fraction of sp³-hybridized carbons (Fsp3) is 0.286. The van der Waals surface area contributed by atoms with E-state index in [0.717, 1.165) is 11.3 Å². The van der Waals surface area contributed by atoms with Crippen molar-refractivity contribution in [1.29, 1.82) is 0 Å². The summed E-state index contributed by atoms with van der Waals surface area (Å²) >= 11 is 6.72. The molecule has 0 unspecified atom stereocenters. The van der Waals surface area contributed by atoms with Gasteiger partial charge in [-0.2, -0.15) is 0 Å². The molecule has 1 aliphatic rings. The van der Waals surface area contributed by atoms with E-state index in [9.17, 15) is 16.8 Å². The topological polar surface area (TPSA) is 92.8 Å². The second-order valence-corrected chi connectivity index (χ2v) is 10.9. The summed E-state index contributed by atoms with van der Waals surface area (Å²) in [4.78, 5) is 0. The summed E-state index contributed by atoms with van der Waals surface area (Å²) in [5.41, 5.74) is 0.656. The van der Waals surface area contributed by atoms with Crippen LogP contribution in [0, 0.1) is 0 Å². The first-order valence-electron chi connectivity index (χ1n) is 7.19. The van der Waals surface area contributed by atoms with Crippen LogP contribution in [0.4, 0.5) is 11.4 Å². The van der Waals surface area contributed by atoms with Crippen molar-refractivity contribution in [3.8, 4) is 5.75 Å². The van der Waals surface area contributed by atoms with Crippen molar-refractivity contribution < 1.29 is 21.6 Å². The van der Waals surface area contributed by atoms with Crippen LogP contribution >= 0.6 is 22.9 Å². The standard InChI is InChI=1S/C14H15ClN2O5S3/c1-22-12-9-10(17-7-2-8-24(17,18)19)3-4-11(12)16-25(20,21)14-6-5-13(15)23-14/h3-6,9,16H,2,7-8H2,1H3. The lowest BCUT2D eigenvalue weighted by Crippen LogP contribution is -2.25. The molecule has 11 heteroatoms. The number of hydrogen-bond donors (Lipinski definition) is 1. The summed E-state index contributed by atoms with van der Waals surface area (Å²) in [6.07, 6.45) is 0.554. The van der Waals surface area contributed by atoms with Gasteiger partial charge in [-0.1, -0.05) is 11.6 Å². The van der Waals surface area contributed by atoms with E-state index >= 15 is 0 Å². The molecule has 1 fully saturated rings. The van der Waals surface area contributed by atoms with Crippen LogP contribution in [0.3, 0.4) is 0 Å². The molecule has 1 aromatic heterocycles. The Bertz CT molecular complexity index is 1000. The SMILES string of the molecule is COc1cc(N2CCCS2(=O)=O)ccc1NS(=O)(=O)c1ccc(Cl)s1. The number of nitrogens with zero attached hydrogens (tertiary/aromatic N) is 1. The maximum atomic E-state index is 12.4. The predicted molar refractivity (Wildman–Crippen MR) is 98.9 cm³/mol. The highest BCUT2D eigenvalue weighted by molar-refractivity contribution is 7.94. The van der Waals surface area contributed by atoms with E-state index in [2.05, 4.69) is 4.72 Å². The Labute approximate surface area is 155 Å². The van der Waals surface area contributed by atoms with Gasteiger partial charge in [0.2, 0.25) is 10.0 Å². The zero-order chi connectivity index (χ0) is 18.2. The van der Waals surface area contributed by atoms with Gasteiger partial charge >= 0.3 is 0 Å². The molecule has 0 aliphatic carbocycles. The molecule has 0 amide bonds. The van der Waals surface area contributed by atoms with Crippen LogP contribution in [0.2, 0.25) is 4.34 Å². The third-order valence-corrected chi connectivity index (χ3v) is 8.59. The van der Waals surface area contributed by atoms with E-state index in [4.69, 9.17) is 16.3 Å². The second-order valence-electron chi connectivity index (χ2n) is 5.29. The largest absolute Gasteiger partial charge is 0.494 e. The van der Waals surface area contributed by atoms with Crippen LogP contribution in [0.5, 0.6) is 5.75 Å². The van der Waals surface area contributed by atoms with E-state index in [0.29, 0.717) is 23.0 Å². The minimum atomic E-state index is -3.81. The van der Waals surface area contributed by atoms with Gasteiger partial charge in [-0.3, -0.25) is 9.03 Å². The molecule has 1 N–H and O–H groups in total. The van der Waals surface area contributed by atoms with E-state index < -0.39 is 20.0 Å². The number of sulfonamides is 2. The van der Waals surface area contributed by atoms with Crippen LogP contribution in [0.15, 0.2) is 34.5 Å². The third-order valence-electron chi connectivity index (χ3n) is 3.63. The molecule has 25 heavy (non-hydrogen) atoms. The van der Waals surface area contributed by atoms with Crippen LogP contribution in [-0.4, -0.2) is 36.2 Å². The van der Waals surface area contributed by atoms with Gasteiger partial charge < -0.3 is 4.74 Å². The van der Waals surface area contributed by atoms with Gasteiger partial charge in [0.25, 0.3) is 10.0 Å². The zero-order valence-electron chi connectivity index (χ0n) is 13.1. The summed E-state index contributed by atoms with van der Waals surface area (Å²) in [6, 6.07) is 7.44. The molecule has 0 saturated carbocycles. The molecule has 0 bridgehead atoms. The minimum Gasteiger partial charge on any atom is -0.494 e. The van der Waals surface area contributed by atoms with E-state index in [1.165, 1.54) is 35.7 Å². The first-order valence-corrected chi connectivity index (χ1v) is 11.5. The van der Waals surface area contributed by atoms with Gasteiger partial charge in [0.1, 0.15) is 9.96 Å². The third kappa shape index (κ3) is 3.71. The fourth-order valence-electron chi connectivity index (χ4n) is 2.49. The number of halogens is 1. The van der Waals surface area contributed by atoms with Crippen LogP contribution in [-0.2, 0) is 20.0 Å². The number of benzene rings is 1. The molecule has 2 aromatic rings. The van der Waals surface area contributed by atoms with Crippen molar-refractivity contribution in [2.24, 2.45) is 0 Å². The number of thiophene rings is 1. The molecular formula is C14H15ClN2O5S3. The van der Waals surface area contributed by atoms with Crippen LogP contribution in [0.25, 0.3) is 0 Å². The van der Waals surface area contributed by atoms with Gasteiger partial charge in [0.15, 0.2) is 0 Å². The average Bonchev–Trinajstić information content (AvgIpc) is 3.13. The van der Waals surface area contributed by atoms with Gasteiger partial charge in [0.05, 0.1) is 28.6 Å². The molecule has 2 heterocycles. The smallest absolute Gasteiger partial charge is 0.271 e. The first kappa shape index (κ1) is 18.3. The van der Waals surface area contributed by atoms with Gasteiger partial charge in [-0.15, -0.1) is 11.3 Å². The minimum absolute atomic E-state index is 0.0748. The zero-order valence-corrected chi connectivity index (χ0v) is 16.3. The highest BCUT2D eigenvalue weighted by Crippen LogP contribution is 2.35. The van der Waals surface area contributed by atoms with Crippen molar-refractivity contribution in [2.75, 3.05) is 28.4 Å². The van der Waals surface area contributed by atoms with Crippen molar-refractivity contribution in [1.82, 2.24) is 0 Å². The summed E-state index contributed by atoms with van der Waals surface area (Å²) in [7, 11) is -5.75. The Balaban J connectivity index is 1.93. The Kier molecular flexibility index (Phi) is 4.89. The van der Waals surface area contributed by atoms with Crippen LogP contribution < -0.4 is 13.8 Å². The normalized spacial score (nSPS) is 16.8. The second kappa shape index (κ2) is 6.67. The fourth-order valence-corrected chi connectivity index (χ4v) is 6.60. The number of rotatable bonds is 5. The van der Waals surface area contributed by atoms with Gasteiger partial charge in [0, 0.05) is 12.6 Å². The first-order chi connectivity index (χ1) is 11.7. The van der Waals surface area contributed by atoms with E-state index in [1.54, 1.807) is 6.07 Å². The Hall–Kier alpha value is -1.49. The highest BCUT2D eigenvalue weighted by atomic mass is 35.5. The monoisotopic (exact) mass is 422 g/mol. The lowest BCUT2D eigenvalue weighted by atomic mass is 10.2. The number of hydrogen-bond acceptors (Lipinski definition) is 6. The highest BCUT2D eigenvalue weighted by Gasteiger charge is 2.29. The number of anilines is 2. The molecule has 7 nitrogen and oxygen atoms in total. The summed E-state index contributed by atoms with van der Waals surface area (Å²) < 4.78 is 58.3. The average molecular weight is 423 g/mol. The molecule has 1 aromatic carbocycles. The molecular weight excluding hydrogens is 408 g/mol. The maximum Gasteiger partial charge on any atom is 0.271 e. The number of nitrogens with one attached hydrogen (secondary N) is 1. The molecule has 0 atom stereocenters. The molecule has 1 saturated heterocycles. The lowest BCUT2D eigenvalue weighted by Gasteiger charge is -2.19. The van der Waals surface area contributed by atoms with Crippen molar-refractivity contribution >= 4 is 54.4 Å².